The monoisotopic (exact) mass is 392 g/mol. The maximum absolute atomic E-state index is 12.1. The Bertz CT molecular complexity index is 651. The lowest BCUT2D eigenvalue weighted by molar-refractivity contribution is -0.159. The van der Waals surface area contributed by atoms with Crippen molar-refractivity contribution in [3.05, 3.63) is 35.9 Å². The van der Waals surface area contributed by atoms with E-state index in [9.17, 15) is 14.4 Å². The number of alkyl carbamates (subject to hydrolysis) is 1. The van der Waals surface area contributed by atoms with Gasteiger partial charge < -0.3 is 24.4 Å². The van der Waals surface area contributed by atoms with Gasteiger partial charge in [0, 0.05) is 26.5 Å². The highest BCUT2D eigenvalue weighted by Crippen LogP contribution is 2.25. The minimum Gasteiger partial charge on any atom is -0.467 e. The number of nitrogens with zero attached hydrogens (tertiary/aromatic N) is 1. The fourth-order valence-electron chi connectivity index (χ4n) is 3.22. The molecular formula is C20H28N2O6. The lowest BCUT2D eigenvalue weighted by Gasteiger charge is -2.30. The van der Waals surface area contributed by atoms with Crippen LogP contribution in [0.15, 0.2) is 30.3 Å². The van der Waals surface area contributed by atoms with Crippen molar-refractivity contribution >= 4 is 18.0 Å². The molecule has 1 aromatic rings. The second-order valence-corrected chi connectivity index (χ2v) is 6.55. The van der Waals surface area contributed by atoms with Crippen LogP contribution in [0, 0.1) is 0 Å². The van der Waals surface area contributed by atoms with Crippen LogP contribution >= 0.6 is 0 Å². The highest BCUT2D eigenvalue weighted by Gasteiger charge is 2.39. The van der Waals surface area contributed by atoms with E-state index in [1.54, 1.807) is 0 Å². The van der Waals surface area contributed by atoms with Crippen molar-refractivity contribution < 1.29 is 28.6 Å². The van der Waals surface area contributed by atoms with E-state index in [2.05, 4.69) is 5.32 Å². The normalized spacial score (nSPS) is 17.3. The van der Waals surface area contributed by atoms with E-state index in [0.29, 0.717) is 38.6 Å². The molecule has 154 valence electrons. The average molecular weight is 392 g/mol. The van der Waals surface area contributed by atoms with E-state index >= 15 is 0 Å². The number of amides is 2. The standard InChI is InChI=1S/C20H28N2O6/c1-26-18-12-11-17(23)22(18)16(19(24)27-2)10-6-7-13-21-20(25)28-14-15-8-4-3-5-9-15/h3-5,8-9,16,18H,6-7,10-14H2,1-2H3,(H,21,25)/t16-,18?/m0/s1. The molecule has 1 fully saturated rings. The number of benzene rings is 1. The Balaban J connectivity index is 1.71. The van der Waals surface area contributed by atoms with Crippen LogP contribution in [0.5, 0.6) is 0 Å². The number of hydrogen-bond acceptors (Lipinski definition) is 6. The lowest BCUT2D eigenvalue weighted by atomic mass is 10.1. The molecule has 8 heteroatoms. The van der Waals surface area contributed by atoms with E-state index < -0.39 is 24.3 Å². The second kappa shape index (κ2) is 11.3. The van der Waals surface area contributed by atoms with E-state index in [0.717, 1.165) is 5.56 Å². The summed E-state index contributed by atoms with van der Waals surface area (Å²) in [5, 5.41) is 2.69. The van der Waals surface area contributed by atoms with Crippen molar-refractivity contribution in [1.82, 2.24) is 10.2 Å². The van der Waals surface area contributed by atoms with Crippen LogP contribution < -0.4 is 5.32 Å². The summed E-state index contributed by atoms with van der Waals surface area (Å²) < 4.78 is 15.3. The molecule has 8 nitrogen and oxygen atoms in total. The van der Waals surface area contributed by atoms with Gasteiger partial charge in [-0.25, -0.2) is 9.59 Å². The minimum absolute atomic E-state index is 0.107. The number of hydrogen-bond donors (Lipinski definition) is 1. The minimum atomic E-state index is -0.671. The average Bonchev–Trinajstić information content (AvgIpc) is 3.09. The van der Waals surface area contributed by atoms with Crippen LogP contribution in [-0.4, -0.2) is 55.9 Å². The first kappa shape index (κ1) is 21.7. The van der Waals surface area contributed by atoms with Gasteiger partial charge in [0.05, 0.1) is 7.11 Å². The smallest absolute Gasteiger partial charge is 0.407 e. The Kier molecular flexibility index (Phi) is 8.74. The molecule has 1 saturated heterocycles. The zero-order chi connectivity index (χ0) is 20.4. The summed E-state index contributed by atoms with van der Waals surface area (Å²) in [4.78, 5) is 37.5. The number of carbonyl (C=O) groups excluding carboxylic acids is 3. The summed E-state index contributed by atoms with van der Waals surface area (Å²) >= 11 is 0. The Hall–Kier alpha value is -2.61. The van der Waals surface area contributed by atoms with E-state index in [1.165, 1.54) is 19.1 Å². The quantitative estimate of drug-likeness (QED) is 0.485. The second-order valence-electron chi connectivity index (χ2n) is 6.55. The molecule has 1 heterocycles. The van der Waals surface area contributed by atoms with Crippen LogP contribution in [0.2, 0.25) is 0 Å². The van der Waals surface area contributed by atoms with Crippen molar-refractivity contribution in [1.29, 1.82) is 0 Å². The number of ether oxygens (including phenoxy) is 3. The van der Waals surface area contributed by atoms with Crippen molar-refractivity contribution in [2.24, 2.45) is 0 Å². The molecule has 0 saturated carbocycles. The van der Waals surface area contributed by atoms with Gasteiger partial charge in [0.15, 0.2) is 0 Å². The van der Waals surface area contributed by atoms with Crippen molar-refractivity contribution in [2.45, 2.75) is 51.0 Å². The Labute approximate surface area is 165 Å². The number of carbonyl (C=O) groups is 3. The van der Waals surface area contributed by atoms with Crippen molar-refractivity contribution in [3.63, 3.8) is 0 Å². The lowest BCUT2D eigenvalue weighted by Crippen LogP contribution is -2.47. The van der Waals surface area contributed by atoms with Gasteiger partial charge in [-0.3, -0.25) is 4.79 Å². The molecule has 0 spiro atoms. The summed E-state index contributed by atoms with van der Waals surface area (Å²) in [6.45, 7) is 0.635. The number of likely N-dealkylation sites (tertiary alicyclic amines) is 1. The molecule has 0 radical (unpaired) electrons. The third-order valence-electron chi connectivity index (χ3n) is 4.67. The van der Waals surface area contributed by atoms with Gasteiger partial charge in [-0.05, 0) is 24.8 Å². The molecule has 0 bridgehead atoms. The van der Waals surface area contributed by atoms with Gasteiger partial charge in [-0.1, -0.05) is 30.3 Å². The first-order valence-electron chi connectivity index (χ1n) is 9.43. The topological polar surface area (TPSA) is 94.2 Å². The van der Waals surface area contributed by atoms with Crippen molar-refractivity contribution in [2.75, 3.05) is 20.8 Å². The zero-order valence-electron chi connectivity index (χ0n) is 16.4. The molecule has 0 aromatic heterocycles. The first-order chi connectivity index (χ1) is 13.6. The number of nitrogens with one attached hydrogen (secondary N) is 1. The van der Waals surface area contributed by atoms with Gasteiger partial charge in [-0.15, -0.1) is 0 Å². The van der Waals surface area contributed by atoms with Gasteiger partial charge >= 0.3 is 12.1 Å². The Morgan fingerprint density at radius 1 is 1.21 bits per heavy atom. The van der Waals surface area contributed by atoms with Gasteiger partial charge in [0.25, 0.3) is 0 Å². The van der Waals surface area contributed by atoms with Crippen LogP contribution in [0.3, 0.4) is 0 Å². The molecule has 2 amide bonds. The summed E-state index contributed by atoms with van der Waals surface area (Å²) in [6.07, 6.45) is 1.77. The van der Waals surface area contributed by atoms with E-state index in [4.69, 9.17) is 14.2 Å². The Morgan fingerprint density at radius 2 is 1.96 bits per heavy atom. The predicted octanol–water partition coefficient (Wildman–Crippen LogP) is 2.22. The van der Waals surface area contributed by atoms with Gasteiger partial charge in [-0.2, -0.15) is 0 Å². The van der Waals surface area contributed by atoms with Gasteiger partial charge in [0.2, 0.25) is 5.91 Å². The fraction of sp³-hybridized carbons (Fsp3) is 0.550. The summed E-state index contributed by atoms with van der Waals surface area (Å²) in [7, 11) is 2.83. The molecule has 0 aliphatic carbocycles. The summed E-state index contributed by atoms with van der Waals surface area (Å²) in [5.74, 6) is -0.558. The van der Waals surface area contributed by atoms with E-state index in [1.807, 2.05) is 30.3 Å². The molecule has 28 heavy (non-hydrogen) atoms. The molecular weight excluding hydrogens is 364 g/mol. The van der Waals surface area contributed by atoms with Crippen molar-refractivity contribution in [3.8, 4) is 0 Å². The molecule has 1 aliphatic heterocycles. The molecule has 1 aliphatic rings. The molecule has 2 atom stereocenters. The maximum Gasteiger partial charge on any atom is 0.407 e. The highest BCUT2D eigenvalue weighted by molar-refractivity contribution is 5.86. The van der Waals surface area contributed by atoms with E-state index in [-0.39, 0.29) is 12.5 Å². The number of rotatable bonds is 10. The highest BCUT2D eigenvalue weighted by atomic mass is 16.5. The fourth-order valence-corrected chi connectivity index (χ4v) is 3.22. The van der Waals surface area contributed by atoms with Crippen LogP contribution in [0.1, 0.15) is 37.7 Å². The number of esters is 1. The predicted molar refractivity (Wildman–Crippen MR) is 101 cm³/mol. The third kappa shape index (κ3) is 6.23. The van der Waals surface area contributed by atoms with Crippen LogP contribution in [-0.2, 0) is 30.4 Å². The zero-order valence-corrected chi connectivity index (χ0v) is 16.4. The van der Waals surface area contributed by atoms with Crippen LogP contribution in [0.4, 0.5) is 4.79 Å². The summed E-state index contributed by atoms with van der Waals surface area (Å²) in [6, 6.07) is 8.76. The maximum atomic E-state index is 12.1. The summed E-state index contributed by atoms with van der Waals surface area (Å²) in [5.41, 5.74) is 0.918. The molecule has 2 rings (SSSR count). The van der Waals surface area contributed by atoms with Crippen LogP contribution in [0.25, 0.3) is 0 Å². The molecule has 1 N–H and O–H groups in total. The Morgan fingerprint density at radius 3 is 2.64 bits per heavy atom. The SMILES string of the molecule is COC(=O)[C@H](CCCCNC(=O)OCc1ccccc1)N1C(=O)CCC1OC. The molecule has 1 unspecified atom stereocenters. The first-order valence-corrected chi connectivity index (χ1v) is 9.43. The molecule has 1 aromatic carbocycles. The van der Waals surface area contributed by atoms with Gasteiger partial charge in [0.1, 0.15) is 18.9 Å². The third-order valence-corrected chi connectivity index (χ3v) is 4.67. The largest absolute Gasteiger partial charge is 0.467 e. The number of methoxy groups -OCH3 is 2. The number of unbranched alkanes of at least 4 members (excludes halogenated alkanes) is 1.